The minimum absolute atomic E-state index is 0. The summed E-state index contributed by atoms with van der Waals surface area (Å²) in [7, 11) is 4.29. The molecule has 0 aromatic rings. The fraction of sp³-hybridized carbons (Fsp3) is 0.917. The first kappa shape index (κ1) is 16.4. The number of halogens is 1. The van der Waals surface area contributed by atoms with Crippen molar-refractivity contribution in [1.29, 1.82) is 0 Å². The molecule has 1 unspecified atom stereocenters. The molecule has 1 saturated carbocycles. The molecule has 0 bridgehead atoms. The van der Waals surface area contributed by atoms with Gasteiger partial charge in [0.1, 0.15) is 0 Å². The monoisotopic (exact) mass is 384 g/mol. The smallest absolute Gasteiger partial charge is 0.191 e. The number of aliphatic imine (C=N–C) groups is 1. The van der Waals surface area contributed by atoms with E-state index in [1.54, 1.807) is 0 Å². The molecule has 2 N–H and O–H groups in total. The maximum atomic E-state index is 6.07. The Balaban J connectivity index is 0.00000162. The fourth-order valence-electron chi connectivity index (χ4n) is 2.29. The van der Waals surface area contributed by atoms with Crippen molar-refractivity contribution in [3.05, 3.63) is 0 Å². The van der Waals surface area contributed by atoms with Crippen LogP contribution in [0.1, 0.15) is 12.8 Å². The molecule has 2 fully saturated rings. The molecule has 0 radical (unpaired) electrons. The lowest BCUT2D eigenvalue weighted by molar-refractivity contribution is 0.270. The van der Waals surface area contributed by atoms with Gasteiger partial charge >= 0.3 is 0 Å². The first-order valence-electron chi connectivity index (χ1n) is 6.47. The van der Waals surface area contributed by atoms with E-state index in [-0.39, 0.29) is 24.0 Å². The van der Waals surface area contributed by atoms with Crippen LogP contribution in [0.2, 0.25) is 0 Å². The zero-order chi connectivity index (χ0) is 12.3. The highest BCUT2D eigenvalue weighted by Crippen LogP contribution is 2.34. The molecule has 1 saturated heterocycles. The van der Waals surface area contributed by atoms with Crippen LogP contribution in [0.15, 0.2) is 4.99 Å². The Bertz CT molecular complexity index is 273. The molecule has 18 heavy (non-hydrogen) atoms. The van der Waals surface area contributed by atoms with Gasteiger partial charge in [-0.05, 0) is 32.9 Å². The van der Waals surface area contributed by atoms with E-state index >= 15 is 0 Å². The van der Waals surface area contributed by atoms with Crippen LogP contribution in [0.3, 0.4) is 0 Å². The van der Waals surface area contributed by atoms with Gasteiger partial charge < -0.3 is 15.5 Å². The van der Waals surface area contributed by atoms with Crippen molar-refractivity contribution < 1.29 is 0 Å². The van der Waals surface area contributed by atoms with Crippen molar-refractivity contribution in [3.63, 3.8) is 0 Å². The summed E-state index contributed by atoms with van der Waals surface area (Å²) in [5, 5.41) is 0. The maximum Gasteiger partial charge on any atom is 0.191 e. The van der Waals surface area contributed by atoms with E-state index in [1.807, 2.05) is 11.8 Å². The molecule has 2 aliphatic rings. The topological polar surface area (TPSA) is 44.9 Å². The number of hydrogen-bond acceptors (Lipinski definition) is 3. The zero-order valence-corrected chi connectivity index (χ0v) is 14.5. The highest BCUT2D eigenvalue weighted by molar-refractivity contribution is 14.0. The van der Waals surface area contributed by atoms with Crippen LogP contribution in [-0.4, -0.2) is 67.0 Å². The van der Waals surface area contributed by atoms with Gasteiger partial charge in [-0.1, -0.05) is 0 Å². The van der Waals surface area contributed by atoms with Crippen LogP contribution < -0.4 is 5.73 Å². The van der Waals surface area contributed by atoms with Crippen LogP contribution in [0.5, 0.6) is 0 Å². The molecule has 2 rings (SSSR count). The minimum Gasteiger partial charge on any atom is -0.370 e. The second kappa shape index (κ2) is 7.79. The molecule has 0 amide bonds. The van der Waals surface area contributed by atoms with Gasteiger partial charge in [0.15, 0.2) is 5.96 Å². The Morgan fingerprint density at radius 2 is 2.00 bits per heavy atom. The fourth-order valence-corrected chi connectivity index (χ4v) is 3.20. The zero-order valence-electron chi connectivity index (χ0n) is 11.3. The molecule has 106 valence electrons. The predicted molar refractivity (Wildman–Crippen MR) is 91.0 cm³/mol. The van der Waals surface area contributed by atoms with E-state index in [4.69, 9.17) is 5.73 Å². The van der Waals surface area contributed by atoms with Gasteiger partial charge in [0.05, 0.1) is 6.54 Å². The number of likely N-dealkylation sites (N-methyl/N-ethyl adjacent to an activating group) is 1. The van der Waals surface area contributed by atoms with Crippen molar-refractivity contribution in [2.45, 2.75) is 18.9 Å². The first-order chi connectivity index (χ1) is 8.18. The lowest BCUT2D eigenvalue weighted by atomic mass is 10.2. The quantitative estimate of drug-likeness (QED) is 0.451. The van der Waals surface area contributed by atoms with Crippen LogP contribution >= 0.6 is 35.7 Å². The second-order valence-electron chi connectivity index (χ2n) is 5.17. The van der Waals surface area contributed by atoms with Gasteiger partial charge in [-0.2, -0.15) is 11.8 Å². The average molecular weight is 384 g/mol. The van der Waals surface area contributed by atoms with Crippen molar-refractivity contribution in [2.24, 2.45) is 16.6 Å². The van der Waals surface area contributed by atoms with Crippen molar-refractivity contribution in [1.82, 2.24) is 9.80 Å². The Morgan fingerprint density at radius 3 is 2.50 bits per heavy atom. The molecule has 4 nitrogen and oxygen atoms in total. The van der Waals surface area contributed by atoms with Gasteiger partial charge in [-0.3, -0.25) is 4.99 Å². The summed E-state index contributed by atoms with van der Waals surface area (Å²) in [6, 6.07) is 0.577. The number of rotatable bonds is 4. The maximum absolute atomic E-state index is 6.07. The third kappa shape index (κ3) is 4.77. The normalized spacial score (nSPS) is 22.8. The molecular formula is C12H25IN4S. The van der Waals surface area contributed by atoms with Gasteiger partial charge in [0.2, 0.25) is 0 Å². The van der Waals surface area contributed by atoms with Crippen molar-refractivity contribution in [3.8, 4) is 0 Å². The SMILES string of the molecule is CN(C)C(CN=C(N)N1CCSCC1)C1CC1.I. The van der Waals surface area contributed by atoms with E-state index in [9.17, 15) is 0 Å². The Hall–Kier alpha value is 0.310. The molecule has 1 atom stereocenters. The number of nitrogens with zero attached hydrogens (tertiary/aromatic N) is 3. The van der Waals surface area contributed by atoms with Crippen LogP contribution in [-0.2, 0) is 0 Å². The van der Waals surface area contributed by atoms with Crippen LogP contribution in [0.4, 0.5) is 0 Å². The third-order valence-corrected chi connectivity index (χ3v) is 4.55. The van der Waals surface area contributed by atoms with E-state index in [2.05, 4.69) is 28.9 Å². The number of nitrogens with two attached hydrogens (primary N) is 1. The minimum atomic E-state index is 0. The largest absolute Gasteiger partial charge is 0.370 e. The van der Waals surface area contributed by atoms with Crippen LogP contribution in [0, 0.1) is 5.92 Å². The highest BCUT2D eigenvalue weighted by atomic mass is 127. The molecular weight excluding hydrogens is 359 g/mol. The average Bonchev–Trinajstić information content (AvgIpc) is 3.14. The van der Waals surface area contributed by atoms with E-state index in [0.717, 1.165) is 31.5 Å². The summed E-state index contributed by atoms with van der Waals surface area (Å²) in [6.07, 6.45) is 2.72. The third-order valence-electron chi connectivity index (χ3n) is 3.60. The summed E-state index contributed by atoms with van der Waals surface area (Å²) in [6.45, 7) is 2.96. The molecule has 1 aliphatic heterocycles. The van der Waals surface area contributed by atoms with E-state index in [1.165, 1.54) is 24.3 Å². The summed E-state index contributed by atoms with van der Waals surface area (Å²) in [5.41, 5.74) is 6.07. The molecule has 6 heteroatoms. The summed E-state index contributed by atoms with van der Waals surface area (Å²) in [5.74, 6) is 3.95. The molecule has 0 spiro atoms. The van der Waals surface area contributed by atoms with Crippen LogP contribution in [0.25, 0.3) is 0 Å². The standard InChI is InChI=1S/C12H24N4S.HI/c1-15(2)11(10-3-4-10)9-14-12(13)16-5-7-17-8-6-16;/h10-11H,3-9H2,1-2H3,(H2,13,14);1H. The number of guanidine groups is 1. The number of thioether (sulfide) groups is 1. The van der Waals surface area contributed by atoms with Gasteiger partial charge in [0.25, 0.3) is 0 Å². The molecule has 0 aromatic heterocycles. The molecule has 0 aromatic carbocycles. The predicted octanol–water partition coefficient (Wildman–Crippen LogP) is 1.31. The lowest BCUT2D eigenvalue weighted by Crippen LogP contribution is -2.43. The van der Waals surface area contributed by atoms with Gasteiger partial charge in [0, 0.05) is 30.6 Å². The highest BCUT2D eigenvalue weighted by Gasteiger charge is 2.32. The van der Waals surface area contributed by atoms with Crippen molar-refractivity contribution >= 4 is 41.7 Å². The number of hydrogen-bond donors (Lipinski definition) is 1. The lowest BCUT2D eigenvalue weighted by Gasteiger charge is -2.28. The summed E-state index contributed by atoms with van der Waals surface area (Å²) >= 11 is 2.00. The van der Waals surface area contributed by atoms with Crippen molar-refractivity contribution in [2.75, 3.05) is 45.2 Å². The second-order valence-corrected chi connectivity index (χ2v) is 6.39. The Labute approximate surface area is 132 Å². The Morgan fingerprint density at radius 1 is 1.39 bits per heavy atom. The Kier molecular flexibility index (Phi) is 7.08. The molecule has 1 aliphatic carbocycles. The summed E-state index contributed by atoms with van der Waals surface area (Å²) < 4.78 is 0. The van der Waals surface area contributed by atoms with E-state index in [0.29, 0.717) is 6.04 Å². The van der Waals surface area contributed by atoms with E-state index < -0.39 is 0 Å². The summed E-state index contributed by atoms with van der Waals surface area (Å²) in [4.78, 5) is 9.11. The molecule has 1 heterocycles. The first-order valence-corrected chi connectivity index (χ1v) is 7.63. The van der Waals surface area contributed by atoms with Gasteiger partial charge in [-0.25, -0.2) is 0 Å². The van der Waals surface area contributed by atoms with Gasteiger partial charge in [-0.15, -0.1) is 24.0 Å².